The molecule has 0 heterocycles. The summed E-state index contributed by atoms with van der Waals surface area (Å²) in [5, 5.41) is 22.2. The summed E-state index contributed by atoms with van der Waals surface area (Å²) in [6.07, 6.45) is 1.19. The van der Waals surface area contributed by atoms with E-state index in [2.05, 4.69) is 10.5 Å². The summed E-state index contributed by atoms with van der Waals surface area (Å²) in [5.41, 5.74) is 2.32. The first-order chi connectivity index (χ1) is 9.58. The van der Waals surface area contributed by atoms with Crippen molar-refractivity contribution in [3.8, 4) is 11.5 Å². The first-order valence-electron chi connectivity index (χ1n) is 5.68. The van der Waals surface area contributed by atoms with Crippen molar-refractivity contribution >= 4 is 12.1 Å². The molecule has 3 N–H and O–H groups in total. The van der Waals surface area contributed by atoms with Crippen LogP contribution in [0.4, 0.5) is 4.39 Å². The highest BCUT2D eigenvalue weighted by atomic mass is 19.1. The first kappa shape index (κ1) is 13.5. The smallest absolute Gasteiger partial charge is 0.274 e. The molecule has 102 valence electrons. The monoisotopic (exact) mass is 274 g/mol. The molecule has 6 heteroatoms. The molecule has 2 aromatic rings. The Labute approximate surface area is 114 Å². The Kier molecular flexibility index (Phi) is 3.95. The van der Waals surface area contributed by atoms with Crippen molar-refractivity contribution in [2.24, 2.45) is 5.10 Å². The summed E-state index contributed by atoms with van der Waals surface area (Å²) in [4.78, 5) is 11.6. The number of carbonyl (C=O) groups excluding carboxylic acids is 1. The first-order valence-corrected chi connectivity index (χ1v) is 5.68. The van der Waals surface area contributed by atoms with Crippen molar-refractivity contribution in [1.82, 2.24) is 5.43 Å². The Morgan fingerprint density at radius 2 is 1.95 bits per heavy atom. The quantitative estimate of drug-likeness (QED) is 0.591. The molecule has 0 aromatic heterocycles. The van der Waals surface area contributed by atoms with Gasteiger partial charge in [0.2, 0.25) is 0 Å². The fourth-order valence-corrected chi connectivity index (χ4v) is 1.51. The third-order valence-electron chi connectivity index (χ3n) is 2.50. The lowest BCUT2D eigenvalue weighted by molar-refractivity contribution is 0.0951. The van der Waals surface area contributed by atoms with Crippen LogP contribution in [-0.2, 0) is 0 Å². The fraction of sp³-hybridized carbons (Fsp3) is 0. The van der Waals surface area contributed by atoms with E-state index >= 15 is 0 Å². The summed E-state index contributed by atoms with van der Waals surface area (Å²) < 4.78 is 13.3. The number of amides is 1. The SMILES string of the molecule is O=C(N/N=C\c1ccc(O)cc1O)c1ccccc1F. The third-order valence-corrected chi connectivity index (χ3v) is 2.50. The van der Waals surface area contributed by atoms with Crippen LogP contribution in [0.15, 0.2) is 47.6 Å². The molecule has 2 aromatic carbocycles. The molecule has 5 nitrogen and oxygen atoms in total. The molecule has 0 saturated carbocycles. The van der Waals surface area contributed by atoms with Crippen molar-refractivity contribution in [2.75, 3.05) is 0 Å². The molecule has 0 spiro atoms. The molecule has 0 atom stereocenters. The predicted molar refractivity (Wildman–Crippen MR) is 71.2 cm³/mol. The minimum absolute atomic E-state index is 0.0879. The zero-order valence-electron chi connectivity index (χ0n) is 10.2. The Morgan fingerprint density at radius 3 is 2.65 bits per heavy atom. The molecular weight excluding hydrogens is 263 g/mol. The summed E-state index contributed by atoms with van der Waals surface area (Å²) >= 11 is 0. The second-order valence-corrected chi connectivity index (χ2v) is 3.92. The van der Waals surface area contributed by atoms with E-state index in [4.69, 9.17) is 5.11 Å². The number of halogens is 1. The van der Waals surface area contributed by atoms with Gasteiger partial charge >= 0.3 is 0 Å². The summed E-state index contributed by atoms with van der Waals surface area (Å²) in [6, 6.07) is 9.43. The Bertz CT molecular complexity index is 671. The van der Waals surface area contributed by atoms with Crippen molar-refractivity contribution < 1.29 is 19.4 Å². The molecule has 0 aliphatic carbocycles. The van der Waals surface area contributed by atoms with E-state index in [-0.39, 0.29) is 17.1 Å². The molecule has 20 heavy (non-hydrogen) atoms. The number of nitrogens with zero attached hydrogens (tertiary/aromatic N) is 1. The van der Waals surface area contributed by atoms with E-state index in [1.807, 2.05) is 0 Å². The number of nitrogens with one attached hydrogen (secondary N) is 1. The van der Waals surface area contributed by atoms with Gasteiger partial charge in [-0.05, 0) is 24.3 Å². The third kappa shape index (κ3) is 3.11. The standard InChI is InChI=1S/C14H11FN2O3/c15-12-4-2-1-3-11(12)14(20)17-16-8-9-5-6-10(18)7-13(9)19/h1-8,18-19H,(H,17,20)/b16-8-. The van der Waals surface area contributed by atoms with Gasteiger partial charge in [0.15, 0.2) is 0 Å². The molecule has 0 radical (unpaired) electrons. The minimum atomic E-state index is -0.697. The number of hydrogen-bond donors (Lipinski definition) is 3. The highest BCUT2D eigenvalue weighted by Crippen LogP contribution is 2.20. The Morgan fingerprint density at radius 1 is 1.20 bits per heavy atom. The van der Waals surface area contributed by atoms with Crippen LogP contribution in [0, 0.1) is 5.82 Å². The van der Waals surface area contributed by atoms with Crippen molar-refractivity contribution in [3.63, 3.8) is 0 Å². The van der Waals surface area contributed by atoms with Crippen LogP contribution in [-0.4, -0.2) is 22.3 Å². The fourth-order valence-electron chi connectivity index (χ4n) is 1.51. The van der Waals surface area contributed by atoms with Gasteiger partial charge in [-0.3, -0.25) is 4.79 Å². The highest BCUT2D eigenvalue weighted by Gasteiger charge is 2.09. The number of benzene rings is 2. The average Bonchev–Trinajstić information content (AvgIpc) is 2.41. The second-order valence-electron chi connectivity index (χ2n) is 3.92. The number of aromatic hydroxyl groups is 2. The number of carbonyl (C=O) groups is 1. The maximum atomic E-state index is 13.3. The van der Waals surface area contributed by atoms with E-state index < -0.39 is 11.7 Å². The zero-order valence-corrected chi connectivity index (χ0v) is 10.2. The highest BCUT2D eigenvalue weighted by molar-refractivity contribution is 5.95. The normalized spacial score (nSPS) is 10.7. The molecular formula is C14H11FN2O3. The number of phenols is 2. The molecule has 1 amide bonds. The van der Waals surface area contributed by atoms with Crippen LogP contribution in [0.1, 0.15) is 15.9 Å². The molecule has 0 aliphatic rings. The van der Waals surface area contributed by atoms with Gasteiger partial charge in [0.05, 0.1) is 11.8 Å². The minimum Gasteiger partial charge on any atom is -0.508 e. The summed E-state index contributed by atoms with van der Waals surface area (Å²) in [5.74, 6) is -1.62. The lowest BCUT2D eigenvalue weighted by atomic mass is 10.2. The van der Waals surface area contributed by atoms with Gasteiger partial charge in [-0.2, -0.15) is 5.10 Å². The lowest BCUT2D eigenvalue weighted by Gasteiger charge is -2.01. The van der Waals surface area contributed by atoms with E-state index in [0.717, 1.165) is 6.07 Å². The molecule has 0 saturated heterocycles. The van der Waals surface area contributed by atoms with E-state index in [0.29, 0.717) is 5.56 Å². The second kappa shape index (κ2) is 5.83. The van der Waals surface area contributed by atoms with Gasteiger partial charge in [0, 0.05) is 11.6 Å². The summed E-state index contributed by atoms with van der Waals surface area (Å²) in [6.45, 7) is 0. The number of rotatable bonds is 3. The predicted octanol–water partition coefficient (Wildman–Crippen LogP) is 2.00. The van der Waals surface area contributed by atoms with Crippen LogP contribution < -0.4 is 5.43 Å². The van der Waals surface area contributed by atoms with Crippen LogP contribution in [0.5, 0.6) is 11.5 Å². The van der Waals surface area contributed by atoms with Gasteiger partial charge in [-0.15, -0.1) is 0 Å². The van der Waals surface area contributed by atoms with Gasteiger partial charge in [-0.1, -0.05) is 12.1 Å². The Hall–Kier alpha value is -2.89. The van der Waals surface area contributed by atoms with Crippen molar-refractivity contribution in [2.45, 2.75) is 0 Å². The molecule has 2 rings (SSSR count). The van der Waals surface area contributed by atoms with Crippen molar-refractivity contribution in [1.29, 1.82) is 0 Å². The van der Waals surface area contributed by atoms with E-state index in [1.54, 1.807) is 0 Å². The molecule has 0 fully saturated rings. The van der Waals surface area contributed by atoms with E-state index in [1.165, 1.54) is 42.6 Å². The summed E-state index contributed by atoms with van der Waals surface area (Å²) in [7, 11) is 0. The Balaban J connectivity index is 2.07. The van der Waals surface area contributed by atoms with Gasteiger partial charge in [0.1, 0.15) is 17.3 Å². The number of hydrazone groups is 1. The topological polar surface area (TPSA) is 81.9 Å². The molecule has 0 aliphatic heterocycles. The largest absolute Gasteiger partial charge is 0.508 e. The van der Waals surface area contributed by atoms with Crippen LogP contribution >= 0.6 is 0 Å². The van der Waals surface area contributed by atoms with Gasteiger partial charge < -0.3 is 10.2 Å². The number of phenolic OH excluding ortho intramolecular Hbond substituents is 2. The van der Waals surface area contributed by atoms with Crippen LogP contribution in [0.25, 0.3) is 0 Å². The van der Waals surface area contributed by atoms with Crippen molar-refractivity contribution in [3.05, 3.63) is 59.4 Å². The molecule has 0 bridgehead atoms. The molecule has 0 unspecified atom stereocenters. The maximum absolute atomic E-state index is 13.3. The van der Waals surface area contributed by atoms with Crippen LogP contribution in [0.3, 0.4) is 0 Å². The van der Waals surface area contributed by atoms with Gasteiger partial charge in [0.25, 0.3) is 5.91 Å². The lowest BCUT2D eigenvalue weighted by Crippen LogP contribution is -2.18. The zero-order chi connectivity index (χ0) is 14.5. The van der Waals surface area contributed by atoms with Crippen LogP contribution in [0.2, 0.25) is 0 Å². The van der Waals surface area contributed by atoms with E-state index in [9.17, 15) is 14.3 Å². The average molecular weight is 274 g/mol. The van der Waals surface area contributed by atoms with Gasteiger partial charge in [-0.25, -0.2) is 9.82 Å². The number of hydrogen-bond acceptors (Lipinski definition) is 4. The maximum Gasteiger partial charge on any atom is 0.274 e.